The molecule has 2 nitrogen and oxygen atoms in total. The molecule has 0 amide bonds. The van der Waals surface area contributed by atoms with Crippen LogP contribution in [0.3, 0.4) is 0 Å². The Balaban J connectivity index is 2.01. The normalized spacial score (nSPS) is 11.1. The SMILES string of the molecule is COc1cccc(OC(C)C#Cc2ccccc2)c1. The minimum Gasteiger partial charge on any atom is -0.497 e. The van der Waals surface area contributed by atoms with Crippen molar-refractivity contribution in [3.63, 3.8) is 0 Å². The molecule has 0 aliphatic rings. The van der Waals surface area contributed by atoms with Gasteiger partial charge in [0.2, 0.25) is 0 Å². The zero-order chi connectivity index (χ0) is 13.5. The molecule has 2 rings (SSSR count). The van der Waals surface area contributed by atoms with E-state index in [1.807, 2.05) is 61.5 Å². The van der Waals surface area contributed by atoms with Crippen LogP contribution in [0, 0.1) is 11.8 Å². The van der Waals surface area contributed by atoms with Gasteiger partial charge in [0.1, 0.15) is 11.5 Å². The molecule has 0 aromatic heterocycles. The average molecular weight is 252 g/mol. The highest BCUT2D eigenvalue weighted by Gasteiger charge is 2.01. The average Bonchev–Trinajstić information content (AvgIpc) is 2.46. The van der Waals surface area contributed by atoms with E-state index in [9.17, 15) is 0 Å². The van der Waals surface area contributed by atoms with Crippen LogP contribution in [0.15, 0.2) is 54.6 Å². The van der Waals surface area contributed by atoms with Crippen molar-refractivity contribution < 1.29 is 9.47 Å². The van der Waals surface area contributed by atoms with Gasteiger partial charge in [0.25, 0.3) is 0 Å². The van der Waals surface area contributed by atoms with Crippen molar-refractivity contribution in [3.8, 4) is 23.3 Å². The number of methoxy groups -OCH3 is 1. The molecule has 0 spiro atoms. The lowest BCUT2D eigenvalue weighted by atomic mass is 10.2. The monoisotopic (exact) mass is 252 g/mol. The van der Waals surface area contributed by atoms with Crippen molar-refractivity contribution in [3.05, 3.63) is 60.2 Å². The van der Waals surface area contributed by atoms with Crippen LogP contribution in [0.5, 0.6) is 11.5 Å². The third-order valence-corrected chi connectivity index (χ3v) is 2.55. The van der Waals surface area contributed by atoms with Crippen molar-refractivity contribution in [2.24, 2.45) is 0 Å². The molecular formula is C17H16O2. The maximum atomic E-state index is 5.72. The fraction of sp³-hybridized carbons (Fsp3) is 0.176. The Kier molecular flexibility index (Phi) is 4.47. The minimum atomic E-state index is -0.174. The van der Waals surface area contributed by atoms with Crippen LogP contribution in [0.25, 0.3) is 0 Å². The highest BCUT2D eigenvalue weighted by Crippen LogP contribution is 2.19. The maximum Gasteiger partial charge on any atom is 0.156 e. The van der Waals surface area contributed by atoms with Gasteiger partial charge in [-0.25, -0.2) is 0 Å². The van der Waals surface area contributed by atoms with Gasteiger partial charge < -0.3 is 9.47 Å². The molecule has 2 heteroatoms. The Labute approximate surface area is 114 Å². The van der Waals surface area contributed by atoms with Crippen LogP contribution in [0.4, 0.5) is 0 Å². The second kappa shape index (κ2) is 6.51. The predicted molar refractivity (Wildman–Crippen MR) is 76.4 cm³/mol. The van der Waals surface area contributed by atoms with Crippen molar-refractivity contribution in [1.82, 2.24) is 0 Å². The standard InChI is InChI=1S/C17H16O2/c1-14(11-12-15-7-4-3-5-8-15)19-17-10-6-9-16(13-17)18-2/h3-10,13-14H,1-2H3. The predicted octanol–water partition coefficient (Wildman–Crippen LogP) is 3.51. The van der Waals surface area contributed by atoms with Crippen LogP contribution in [0.1, 0.15) is 12.5 Å². The summed E-state index contributed by atoms with van der Waals surface area (Å²) in [5.74, 6) is 7.70. The molecule has 0 aliphatic heterocycles. The Morgan fingerprint density at radius 2 is 1.68 bits per heavy atom. The van der Waals surface area contributed by atoms with E-state index in [0.717, 1.165) is 17.1 Å². The second-order valence-electron chi connectivity index (χ2n) is 4.07. The molecule has 2 aromatic rings. The van der Waals surface area contributed by atoms with Gasteiger partial charge in [-0.15, -0.1) is 0 Å². The summed E-state index contributed by atoms with van der Waals surface area (Å²) in [5.41, 5.74) is 0.989. The molecule has 1 unspecified atom stereocenters. The molecule has 0 saturated carbocycles. The Hall–Kier alpha value is -2.40. The third-order valence-electron chi connectivity index (χ3n) is 2.55. The molecule has 96 valence electrons. The van der Waals surface area contributed by atoms with E-state index in [-0.39, 0.29) is 6.10 Å². The molecule has 0 saturated heterocycles. The topological polar surface area (TPSA) is 18.5 Å². The van der Waals surface area contributed by atoms with E-state index in [0.29, 0.717) is 0 Å². The third kappa shape index (κ3) is 4.08. The molecule has 2 aromatic carbocycles. The molecule has 0 fully saturated rings. The first-order chi connectivity index (χ1) is 9.28. The number of rotatable bonds is 3. The van der Waals surface area contributed by atoms with E-state index in [4.69, 9.17) is 9.47 Å². The molecule has 0 aliphatic carbocycles. The van der Waals surface area contributed by atoms with Crippen molar-refractivity contribution >= 4 is 0 Å². The summed E-state index contributed by atoms with van der Waals surface area (Å²) >= 11 is 0. The first-order valence-corrected chi connectivity index (χ1v) is 6.15. The lowest BCUT2D eigenvalue weighted by Crippen LogP contribution is -2.08. The lowest BCUT2D eigenvalue weighted by Gasteiger charge is -2.09. The Morgan fingerprint density at radius 3 is 2.42 bits per heavy atom. The van der Waals surface area contributed by atoms with Gasteiger partial charge in [-0.3, -0.25) is 0 Å². The van der Waals surface area contributed by atoms with Crippen molar-refractivity contribution in [1.29, 1.82) is 0 Å². The summed E-state index contributed by atoms with van der Waals surface area (Å²) in [6.07, 6.45) is -0.174. The van der Waals surface area contributed by atoms with Gasteiger partial charge in [0.05, 0.1) is 7.11 Å². The summed E-state index contributed by atoms with van der Waals surface area (Å²) < 4.78 is 10.9. The Morgan fingerprint density at radius 1 is 0.947 bits per heavy atom. The summed E-state index contributed by atoms with van der Waals surface area (Å²) in [6.45, 7) is 1.93. The van der Waals surface area contributed by atoms with Gasteiger partial charge in [-0.05, 0) is 31.2 Å². The lowest BCUT2D eigenvalue weighted by molar-refractivity contribution is 0.277. The van der Waals surface area contributed by atoms with Crippen LogP contribution in [0.2, 0.25) is 0 Å². The summed E-state index contributed by atoms with van der Waals surface area (Å²) in [6, 6.07) is 17.4. The van der Waals surface area contributed by atoms with Gasteiger partial charge >= 0.3 is 0 Å². The molecule has 0 N–H and O–H groups in total. The Bertz CT molecular complexity index is 579. The molecule has 0 radical (unpaired) electrons. The second-order valence-corrected chi connectivity index (χ2v) is 4.07. The molecule has 19 heavy (non-hydrogen) atoms. The van der Waals surface area contributed by atoms with Crippen molar-refractivity contribution in [2.45, 2.75) is 13.0 Å². The van der Waals surface area contributed by atoms with E-state index in [1.165, 1.54) is 0 Å². The molecule has 0 heterocycles. The molecule has 1 atom stereocenters. The zero-order valence-electron chi connectivity index (χ0n) is 11.1. The minimum absolute atomic E-state index is 0.174. The maximum absolute atomic E-state index is 5.72. The van der Waals surface area contributed by atoms with Gasteiger partial charge in [0, 0.05) is 11.6 Å². The quantitative estimate of drug-likeness (QED) is 0.778. The van der Waals surface area contributed by atoms with E-state index >= 15 is 0 Å². The highest BCUT2D eigenvalue weighted by molar-refractivity contribution is 5.36. The van der Waals surface area contributed by atoms with Crippen LogP contribution in [-0.4, -0.2) is 13.2 Å². The number of hydrogen-bond acceptors (Lipinski definition) is 2. The van der Waals surface area contributed by atoms with Crippen molar-refractivity contribution in [2.75, 3.05) is 7.11 Å². The fourth-order valence-corrected chi connectivity index (χ4v) is 1.61. The van der Waals surface area contributed by atoms with E-state index in [2.05, 4.69) is 11.8 Å². The van der Waals surface area contributed by atoms with Gasteiger partial charge in [0.15, 0.2) is 6.10 Å². The van der Waals surface area contributed by atoms with Crippen LogP contribution in [-0.2, 0) is 0 Å². The van der Waals surface area contributed by atoms with E-state index in [1.54, 1.807) is 7.11 Å². The van der Waals surface area contributed by atoms with Crippen LogP contribution >= 0.6 is 0 Å². The summed E-state index contributed by atoms with van der Waals surface area (Å²) in [7, 11) is 1.64. The zero-order valence-corrected chi connectivity index (χ0v) is 11.1. The first kappa shape index (κ1) is 13.0. The first-order valence-electron chi connectivity index (χ1n) is 6.15. The number of benzene rings is 2. The number of hydrogen-bond donors (Lipinski definition) is 0. The largest absolute Gasteiger partial charge is 0.497 e. The number of ether oxygens (including phenoxy) is 2. The molecule has 0 bridgehead atoms. The van der Waals surface area contributed by atoms with E-state index < -0.39 is 0 Å². The van der Waals surface area contributed by atoms with Gasteiger partial charge in [-0.1, -0.05) is 36.1 Å². The van der Waals surface area contributed by atoms with Gasteiger partial charge in [-0.2, -0.15) is 0 Å². The fourth-order valence-electron chi connectivity index (χ4n) is 1.61. The smallest absolute Gasteiger partial charge is 0.156 e. The summed E-state index contributed by atoms with van der Waals surface area (Å²) in [4.78, 5) is 0. The summed E-state index contributed by atoms with van der Waals surface area (Å²) in [5, 5.41) is 0. The van der Waals surface area contributed by atoms with Crippen LogP contribution < -0.4 is 9.47 Å². The molecular weight excluding hydrogens is 236 g/mol. The highest BCUT2D eigenvalue weighted by atomic mass is 16.5.